The van der Waals surface area contributed by atoms with Crippen LogP contribution in [0.4, 0.5) is 4.39 Å². The first-order valence-electron chi connectivity index (χ1n) is 9.45. The molecular weight excluding hydrogens is 363 g/mol. The number of ether oxygens (including phenoxy) is 1. The highest BCUT2D eigenvalue weighted by Gasteiger charge is 2.40. The quantitative estimate of drug-likeness (QED) is 0.422. The topological polar surface area (TPSA) is 87.0 Å². The minimum absolute atomic E-state index is 0.0308. The van der Waals surface area contributed by atoms with Crippen LogP contribution in [-0.4, -0.2) is 46.3 Å². The summed E-state index contributed by atoms with van der Waals surface area (Å²) in [5.41, 5.74) is 2.87. The first-order valence-corrected chi connectivity index (χ1v) is 9.45. The Morgan fingerprint density at radius 2 is 2.07 bits per heavy atom. The average Bonchev–Trinajstić information content (AvgIpc) is 2.94. The second-order valence-electron chi connectivity index (χ2n) is 6.88. The first kappa shape index (κ1) is 21.9. The van der Waals surface area contributed by atoms with E-state index in [1.54, 1.807) is 30.4 Å². The molecule has 2 rings (SSSR count). The van der Waals surface area contributed by atoms with Gasteiger partial charge in [0, 0.05) is 24.7 Å². The molecule has 0 amide bonds. The second-order valence-corrected chi connectivity index (χ2v) is 6.88. The monoisotopic (exact) mass is 390 g/mol. The van der Waals surface area contributed by atoms with E-state index in [4.69, 9.17) is 9.84 Å². The van der Waals surface area contributed by atoms with Crippen LogP contribution in [0, 0.1) is 11.8 Å². The molecule has 28 heavy (non-hydrogen) atoms. The molecule has 0 heterocycles. The van der Waals surface area contributed by atoms with E-state index in [-0.39, 0.29) is 19.4 Å². The summed E-state index contributed by atoms with van der Waals surface area (Å²) in [4.78, 5) is 10.4. The summed E-state index contributed by atoms with van der Waals surface area (Å²) >= 11 is 0. The van der Waals surface area contributed by atoms with Crippen LogP contribution in [0.5, 0.6) is 5.75 Å². The predicted octanol–water partition coefficient (Wildman–Crippen LogP) is 3.28. The fourth-order valence-electron chi connectivity index (χ4n) is 3.24. The zero-order valence-electron chi connectivity index (χ0n) is 15.7. The molecule has 0 spiro atoms. The van der Waals surface area contributed by atoms with Crippen molar-refractivity contribution in [2.75, 3.05) is 6.61 Å². The predicted molar refractivity (Wildman–Crippen MR) is 104 cm³/mol. The highest BCUT2D eigenvalue weighted by Crippen LogP contribution is 2.38. The number of hydrogen-bond acceptors (Lipinski definition) is 4. The van der Waals surface area contributed by atoms with Gasteiger partial charge in [0.2, 0.25) is 0 Å². The maximum Gasteiger partial charge on any atom is 0.303 e. The zero-order chi connectivity index (χ0) is 20.4. The smallest absolute Gasteiger partial charge is 0.303 e. The standard InChI is InChI=1S/C22H27FO5/c23-20-14-21(25)19(18(20)10-6-1-2-7-11-22(26)27)13-12-16(24)15-28-17-8-4-3-5-9-17/h2-6,8-9,12-13,16,18-21,24-25H,7,10-11,14-15H2,(H,26,27)/b13-12+/t1?,16-,18-,19-,20-,21-/m1/s1. The van der Waals surface area contributed by atoms with Crippen LogP contribution in [0.15, 0.2) is 60.4 Å². The van der Waals surface area contributed by atoms with Crippen molar-refractivity contribution in [3.63, 3.8) is 0 Å². The van der Waals surface area contributed by atoms with Crippen LogP contribution in [0.25, 0.3) is 0 Å². The molecule has 0 saturated heterocycles. The van der Waals surface area contributed by atoms with Crippen LogP contribution in [-0.2, 0) is 4.79 Å². The molecule has 152 valence electrons. The number of carboxylic acid groups (broad SMARTS) is 1. The lowest BCUT2D eigenvalue weighted by Crippen LogP contribution is -2.20. The zero-order valence-corrected chi connectivity index (χ0v) is 15.7. The summed E-state index contributed by atoms with van der Waals surface area (Å²) in [6.07, 6.45) is 4.53. The lowest BCUT2D eigenvalue weighted by atomic mass is 9.90. The number of halogens is 1. The number of aliphatic carboxylic acids is 1. The van der Waals surface area contributed by atoms with Gasteiger partial charge in [-0.2, -0.15) is 0 Å². The minimum Gasteiger partial charge on any atom is -0.491 e. The number of aliphatic hydroxyl groups is 2. The Kier molecular flexibility index (Phi) is 8.95. The lowest BCUT2D eigenvalue weighted by molar-refractivity contribution is -0.136. The lowest BCUT2D eigenvalue weighted by Gasteiger charge is -2.18. The van der Waals surface area contributed by atoms with E-state index in [1.165, 1.54) is 6.08 Å². The number of rotatable bonds is 10. The number of allylic oxidation sites excluding steroid dienone is 1. The molecule has 1 aromatic rings. The van der Waals surface area contributed by atoms with Gasteiger partial charge < -0.3 is 20.1 Å². The number of aliphatic hydroxyl groups excluding tert-OH is 2. The highest BCUT2D eigenvalue weighted by molar-refractivity contribution is 5.66. The number of carbonyl (C=O) groups is 1. The third kappa shape index (κ3) is 7.31. The molecule has 1 aliphatic rings. The molecule has 3 N–H and O–H groups in total. The number of carboxylic acids is 1. The van der Waals surface area contributed by atoms with Crippen molar-refractivity contribution in [2.45, 2.75) is 44.1 Å². The Labute approximate surface area is 164 Å². The third-order valence-corrected chi connectivity index (χ3v) is 4.72. The van der Waals surface area contributed by atoms with Gasteiger partial charge in [0.15, 0.2) is 0 Å². The van der Waals surface area contributed by atoms with Crippen molar-refractivity contribution in [3.8, 4) is 5.75 Å². The van der Waals surface area contributed by atoms with Crippen LogP contribution in [0.1, 0.15) is 25.7 Å². The molecule has 5 nitrogen and oxygen atoms in total. The highest BCUT2D eigenvalue weighted by atomic mass is 19.1. The van der Waals surface area contributed by atoms with E-state index in [0.717, 1.165) is 0 Å². The van der Waals surface area contributed by atoms with Crippen molar-refractivity contribution >= 4 is 5.97 Å². The fourth-order valence-corrected chi connectivity index (χ4v) is 3.24. The van der Waals surface area contributed by atoms with Gasteiger partial charge in [0.1, 0.15) is 24.6 Å². The third-order valence-electron chi connectivity index (χ3n) is 4.72. The van der Waals surface area contributed by atoms with E-state index in [1.807, 2.05) is 18.2 Å². The van der Waals surface area contributed by atoms with Gasteiger partial charge in [-0.3, -0.25) is 4.79 Å². The first-order chi connectivity index (χ1) is 13.5. The van der Waals surface area contributed by atoms with Crippen LogP contribution >= 0.6 is 0 Å². The molecule has 1 aliphatic carbocycles. The Hall–Kier alpha value is -2.40. The minimum atomic E-state index is -1.14. The number of benzene rings is 1. The summed E-state index contributed by atoms with van der Waals surface area (Å²) in [5, 5.41) is 28.8. The molecule has 1 fully saturated rings. The van der Waals surface area contributed by atoms with Crippen molar-refractivity contribution in [1.29, 1.82) is 0 Å². The van der Waals surface area contributed by atoms with Crippen molar-refractivity contribution in [1.82, 2.24) is 0 Å². The molecule has 0 unspecified atom stereocenters. The van der Waals surface area contributed by atoms with Crippen molar-refractivity contribution in [2.24, 2.45) is 11.8 Å². The number of alkyl halides is 1. The van der Waals surface area contributed by atoms with E-state index in [9.17, 15) is 19.4 Å². The molecule has 6 heteroatoms. The molecule has 5 atom stereocenters. The van der Waals surface area contributed by atoms with Crippen molar-refractivity contribution < 1.29 is 29.2 Å². The molecule has 0 aromatic heterocycles. The normalized spacial score (nSPS) is 25.2. The average molecular weight is 390 g/mol. The van der Waals surface area contributed by atoms with Gasteiger partial charge in [0.05, 0.1) is 6.10 Å². The summed E-state index contributed by atoms with van der Waals surface area (Å²) in [6, 6.07) is 9.12. The maximum absolute atomic E-state index is 14.2. The Morgan fingerprint density at radius 1 is 1.32 bits per heavy atom. The van der Waals surface area contributed by atoms with Gasteiger partial charge in [-0.05, 0) is 37.1 Å². The Morgan fingerprint density at radius 3 is 2.79 bits per heavy atom. The Balaban J connectivity index is 1.87. The van der Waals surface area contributed by atoms with Crippen molar-refractivity contribution in [3.05, 3.63) is 60.4 Å². The molecule has 1 aromatic carbocycles. The van der Waals surface area contributed by atoms with Gasteiger partial charge in [0.25, 0.3) is 0 Å². The molecular formula is C22H27FO5. The molecule has 1 saturated carbocycles. The van der Waals surface area contributed by atoms with E-state index >= 15 is 0 Å². The number of hydrogen-bond donors (Lipinski definition) is 3. The molecule has 0 bridgehead atoms. The molecule has 0 radical (unpaired) electrons. The van der Waals surface area contributed by atoms with E-state index in [0.29, 0.717) is 18.6 Å². The van der Waals surface area contributed by atoms with Gasteiger partial charge >= 0.3 is 5.97 Å². The number of para-hydroxylation sites is 1. The van der Waals surface area contributed by atoms with Gasteiger partial charge in [-0.1, -0.05) is 30.4 Å². The Bertz CT molecular complexity index is 696. The SMILES string of the molecule is O=C(O)CCC=C=CC[C@@H]1[C@@H](/C=C/[C@@H](O)COc2ccccc2)[C@H](O)C[C@H]1F. The maximum atomic E-state index is 14.2. The van der Waals surface area contributed by atoms with Gasteiger partial charge in [-0.25, -0.2) is 4.39 Å². The van der Waals surface area contributed by atoms with Crippen LogP contribution in [0.3, 0.4) is 0 Å². The van der Waals surface area contributed by atoms with Crippen LogP contribution < -0.4 is 4.74 Å². The summed E-state index contributed by atoms with van der Waals surface area (Å²) < 4.78 is 19.7. The summed E-state index contributed by atoms with van der Waals surface area (Å²) in [5.74, 6) is -1.04. The largest absolute Gasteiger partial charge is 0.491 e. The second kappa shape index (κ2) is 11.4. The van der Waals surface area contributed by atoms with E-state index in [2.05, 4.69) is 5.73 Å². The summed E-state index contributed by atoms with van der Waals surface area (Å²) in [6.45, 7) is 0.0687. The van der Waals surface area contributed by atoms with Gasteiger partial charge in [-0.15, -0.1) is 5.73 Å². The summed E-state index contributed by atoms with van der Waals surface area (Å²) in [7, 11) is 0. The molecule has 0 aliphatic heterocycles. The fraction of sp³-hybridized carbons (Fsp3) is 0.455. The van der Waals surface area contributed by atoms with Crippen LogP contribution in [0.2, 0.25) is 0 Å². The van der Waals surface area contributed by atoms with E-state index < -0.39 is 36.2 Å².